The number of hydrogen-bond acceptors (Lipinski definition) is 4. The van der Waals surface area contributed by atoms with E-state index in [2.05, 4.69) is 45.1 Å². The third-order valence-electron chi connectivity index (χ3n) is 7.45. The fourth-order valence-electron chi connectivity index (χ4n) is 5.55. The monoisotopic (exact) mass is 404 g/mol. The van der Waals surface area contributed by atoms with Gasteiger partial charge in [0.1, 0.15) is 0 Å². The molecule has 3 aliphatic rings. The highest BCUT2D eigenvalue weighted by molar-refractivity contribution is 5.94. The van der Waals surface area contributed by atoms with Gasteiger partial charge in [-0.25, -0.2) is 0 Å². The van der Waals surface area contributed by atoms with Crippen molar-refractivity contribution in [3.8, 4) is 0 Å². The second-order valence-corrected chi connectivity index (χ2v) is 9.43. The Hall–Kier alpha value is -2.24. The molecule has 158 valence electrons. The van der Waals surface area contributed by atoms with Crippen molar-refractivity contribution in [3.63, 3.8) is 0 Å². The van der Waals surface area contributed by atoms with Crippen LogP contribution >= 0.6 is 0 Å². The lowest BCUT2D eigenvalue weighted by molar-refractivity contribution is -0.0447. The number of carbonyl (C=O) groups excluding carboxylic acids is 1. The minimum Gasteiger partial charge on any atom is -0.337 e. The molecule has 4 heterocycles. The first-order valence-corrected chi connectivity index (χ1v) is 11.4. The number of pyridine rings is 1. The zero-order valence-electron chi connectivity index (χ0n) is 17.7. The van der Waals surface area contributed by atoms with Crippen LogP contribution in [0.3, 0.4) is 0 Å². The van der Waals surface area contributed by atoms with E-state index >= 15 is 0 Å². The molecule has 0 aliphatic carbocycles. The third-order valence-corrected chi connectivity index (χ3v) is 7.45. The molecule has 5 rings (SSSR count). The SMILES string of the molecule is O=C(c1ccncc1)N1CC2(CCN(C3CCN(Cc4ccccc4)CC3)CC2)C1. The van der Waals surface area contributed by atoms with Crippen molar-refractivity contribution in [2.24, 2.45) is 5.41 Å². The molecule has 1 spiro atoms. The van der Waals surface area contributed by atoms with Crippen LogP contribution in [-0.4, -0.2) is 70.9 Å². The van der Waals surface area contributed by atoms with E-state index in [-0.39, 0.29) is 5.91 Å². The summed E-state index contributed by atoms with van der Waals surface area (Å²) in [5, 5.41) is 0. The van der Waals surface area contributed by atoms with Gasteiger partial charge in [-0.15, -0.1) is 0 Å². The summed E-state index contributed by atoms with van der Waals surface area (Å²) in [6.07, 6.45) is 8.44. The standard InChI is InChI=1S/C25H32N4O/c30-24(22-6-12-26-13-7-22)29-19-25(20-29)10-16-28(17-11-25)23-8-14-27(15-9-23)18-21-4-2-1-3-5-21/h1-7,12-13,23H,8-11,14-20H2. The molecule has 3 saturated heterocycles. The predicted octanol–water partition coefficient (Wildman–Crippen LogP) is 3.28. The maximum Gasteiger partial charge on any atom is 0.254 e. The van der Waals surface area contributed by atoms with Crippen LogP contribution in [0.2, 0.25) is 0 Å². The average molecular weight is 405 g/mol. The van der Waals surface area contributed by atoms with Gasteiger partial charge in [-0.2, -0.15) is 0 Å². The Bertz CT molecular complexity index is 832. The van der Waals surface area contributed by atoms with Crippen molar-refractivity contribution in [2.45, 2.75) is 38.3 Å². The van der Waals surface area contributed by atoms with Crippen molar-refractivity contribution in [3.05, 3.63) is 66.0 Å². The maximum absolute atomic E-state index is 12.6. The lowest BCUT2D eigenvalue weighted by atomic mass is 9.71. The fraction of sp³-hybridized carbons (Fsp3) is 0.520. The van der Waals surface area contributed by atoms with E-state index in [0.717, 1.165) is 31.2 Å². The molecule has 30 heavy (non-hydrogen) atoms. The molecule has 2 aromatic rings. The van der Waals surface area contributed by atoms with E-state index in [1.165, 1.54) is 57.4 Å². The molecule has 0 atom stereocenters. The van der Waals surface area contributed by atoms with Gasteiger partial charge in [0.2, 0.25) is 0 Å². The molecule has 0 bridgehead atoms. The second-order valence-electron chi connectivity index (χ2n) is 9.43. The van der Waals surface area contributed by atoms with Crippen molar-refractivity contribution >= 4 is 5.91 Å². The molecule has 3 fully saturated rings. The van der Waals surface area contributed by atoms with Crippen LogP contribution in [-0.2, 0) is 6.54 Å². The summed E-state index contributed by atoms with van der Waals surface area (Å²) >= 11 is 0. The second kappa shape index (κ2) is 8.48. The van der Waals surface area contributed by atoms with E-state index in [4.69, 9.17) is 0 Å². The van der Waals surface area contributed by atoms with Gasteiger partial charge in [-0.3, -0.25) is 14.7 Å². The molecule has 5 heteroatoms. The molecule has 0 radical (unpaired) electrons. The van der Waals surface area contributed by atoms with Crippen molar-refractivity contribution in [2.75, 3.05) is 39.3 Å². The van der Waals surface area contributed by atoms with Crippen molar-refractivity contribution in [1.82, 2.24) is 19.7 Å². The van der Waals surface area contributed by atoms with Gasteiger partial charge in [0, 0.05) is 49.0 Å². The minimum atomic E-state index is 0.163. The quantitative estimate of drug-likeness (QED) is 0.784. The number of aromatic nitrogens is 1. The average Bonchev–Trinajstić information content (AvgIpc) is 2.79. The zero-order valence-corrected chi connectivity index (χ0v) is 17.7. The number of carbonyl (C=O) groups is 1. The molecule has 0 N–H and O–H groups in total. The first-order chi connectivity index (χ1) is 14.7. The summed E-state index contributed by atoms with van der Waals surface area (Å²) in [5.74, 6) is 0.163. The topological polar surface area (TPSA) is 39.7 Å². The first-order valence-electron chi connectivity index (χ1n) is 11.4. The normalized spacial score (nSPS) is 22.7. The maximum atomic E-state index is 12.6. The molecule has 1 aromatic carbocycles. The molecule has 3 aliphatic heterocycles. The van der Waals surface area contributed by atoms with Crippen LogP contribution in [0.1, 0.15) is 41.6 Å². The molecule has 5 nitrogen and oxygen atoms in total. The number of piperidine rings is 2. The largest absolute Gasteiger partial charge is 0.337 e. The summed E-state index contributed by atoms with van der Waals surface area (Å²) in [7, 11) is 0. The number of nitrogens with zero attached hydrogens (tertiary/aromatic N) is 4. The zero-order chi connectivity index (χ0) is 20.4. The Morgan fingerprint density at radius 1 is 0.933 bits per heavy atom. The lowest BCUT2D eigenvalue weighted by Gasteiger charge is -2.55. The Morgan fingerprint density at radius 3 is 2.27 bits per heavy atom. The van der Waals surface area contributed by atoms with Crippen molar-refractivity contribution in [1.29, 1.82) is 0 Å². The lowest BCUT2D eigenvalue weighted by Crippen LogP contribution is -2.62. The van der Waals surface area contributed by atoms with E-state index in [0.29, 0.717) is 5.41 Å². The van der Waals surface area contributed by atoms with Gasteiger partial charge in [-0.1, -0.05) is 30.3 Å². The summed E-state index contributed by atoms with van der Waals surface area (Å²) < 4.78 is 0. The third kappa shape index (κ3) is 4.14. The Balaban J connectivity index is 1.06. The summed E-state index contributed by atoms with van der Waals surface area (Å²) in [5.41, 5.74) is 2.55. The van der Waals surface area contributed by atoms with Crippen LogP contribution in [0.15, 0.2) is 54.9 Å². The van der Waals surface area contributed by atoms with E-state index in [1.54, 1.807) is 12.4 Å². The Morgan fingerprint density at radius 2 is 1.60 bits per heavy atom. The van der Waals surface area contributed by atoms with Gasteiger partial charge < -0.3 is 9.80 Å². The molecular formula is C25H32N4O. The fourth-order valence-corrected chi connectivity index (χ4v) is 5.55. The van der Waals surface area contributed by atoms with Crippen LogP contribution in [0.4, 0.5) is 0 Å². The van der Waals surface area contributed by atoms with Crippen LogP contribution in [0.5, 0.6) is 0 Å². The van der Waals surface area contributed by atoms with Crippen molar-refractivity contribution < 1.29 is 4.79 Å². The van der Waals surface area contributed by atoms with Gasteiger partial charge in [0.05, 0.1) is 0 Å². The highest BCUT2D eigenvalue weighted by atomic mass is 16.2. The molecular weight excluding hydrogens is 372 g/mol. The van der Waals surface area contributed by atoms with Gasteiger partial charge in [0.15, 0.2) is 0 Å². The highest BCUT2D eigenvalue weighted by Crippen LogP contribution is 2.42. The van der Waals surface area contributed by atoms with Gasteiger partial charge in [-0.05, 0) is 69.6 Å². The van der Waals surface area contributed by atoms with Crippen LogP contribution in [0, 0.1) is 5.41 Å². The minimum absolute atomic E-state index is 0.163. The number of likely N-dealkylation sites (tertiary alicyclic amines) is 3. The predicted molar refractivity (Wildman–Crippen MR) is 118 cm³/mol. The van der Waals surface area contributed by atoms with Crippen LogP contribution in [0.25, 0.3) is 0 Å². The van der Waals surface area contributed by atoms with E-state index in [9.17, 15) is 4.79 Å². The van der Waals surface area contributed by atoms with Gasteiger partial charge >= 0.3 is 0 Å². The smallest absolute Gasteiger partial charge is 0.254 e. The summed E-state index contributed by atoms with van der Waals surface area (Å²) in [6.45, 7) is 7.74. The number of rotatable bonds is 4. The van der Waals surface area contributed by atoms with Gasteiger partial charge in [0.25, 0.3) is 5.91 Å². The van der Waals surface area contributed by atoms with Crippen LogP contribution < -0.4 is 0 Å². The number of benzene rings is 1. The van der Waals surface area contributed by atoms with E-state index < -0.39 is 0 Å². The summed E-state index contributed by atoms with van der Waals surface area (Å²) in [6, 6.07) is 15.2. The Labute approximate surface area is 179 Å². The number of hydrogen-bond donors (Lipinski definition) is 0. The molecule has 1 aromatic heterocycles. The first kappa shape index (κ1) is 19.7. The highest BCUT2D eigenvalue weighted by Gasteiger charge is 2.47. The number of amides is 1. The molecule has 1 amide bonds. The molecule has 0 saturated carbocycles. The van der Waals surface area contributed by atoms with E-state index in [1.807, 2.05) is 17.0 Å². The Kier molecular flexibility index (Phi) is 5.57. The molecule has 0 unspecified atom stereocenters. The summed E-state index contributed by atoms with van der Waals surface area (Å²) in [4.78, 5) is 24.0.